The van der Waals surface area contributed by atoms with E-state index in [9.17, 15) is 4.79 Å². The van der Waals surface area contributed by atoms with Crippen LogP contribution in [0, 0.1) is 0 Å². The molecule has 0 aromatic heterocycles. The van der Waals surface area contributed by atoms with Gasteiger partial charge in [-0.15, -0.1) is 0 Å². The number of nitrogens with zero attached hydrogens (tertiary/aromatic N) is 1. The van der Waals surface area contributed by atoms with Gasteiger partial charge in [-0.05, 0) is 49.4 Å². The zero-order chi connectivity index (χ0) is 12.3. The molecule has 0 saturated carbocycles. The van der Waals surface area contributed by atoms with E-state index in [-0.39, 0.29) is 6.54 Å². The first-order valence-electron chi connectivity index (χ1n) is 6.16. The maximum absolute atomic E-state index is 10.6. The summed E-state index contributed by atoms with van der Waals surface area (Å²) in [4.78, 5) is 12.4. The molecule has 1 aliphatic carbocycles. The van der Waals surface area contributed by atoms with E-state index < -0.39 is 5.97 Å². The van der Waals surface area contributed by atoms with Gasteiger partial charge in [0.1, 0.15) is 0 Å². The van der Waals surface area contributed by atoms with Crippen LogP contribution in [-0.2, 0) is 24.2 Å². The number of hydrogen-bond acceptors (Lipinski definition) is 2. The molecule has 0 fully saturated rings. The molecule has 1 N–H and O–H groups in total. The van der Waals surface area contributed by atoms with Gasteiger partial charge in [-0.2, -0.15) is 0 Å². The molecule has 0 saturated heterocycles. The molecule has 0 unspecified atom stereocenters. The van der Waals surface area contributed by atoms with Gasteiger partial charge in [0.15, 0.2) is 0 Å². The van der Waals surface area contributed by atoms with Crippen LogP contribution in [0.15, 0.2) is 18.2 Å². The molecular weight excluding hydrogens is 214 g/mol. The molecule has 1 aliphatic rings. The molecule has 0 spiro atoms. The van der Waals surface area contributed by atoms with Crippen molar-refractivity contribution in [2.75, 3.05) is 13.6 Å². The summed E-state index contributed by atoms with van der Waals surface area (Å²) in [5.74, 6) is -0.773. The van der Waals surface area contributed by atoms with Gasteiger partial charge in [-0.3, -0.25) is 9.69 Å². The summed E-state index contributed by atoms with van der Waals surface area (Å²) in [5, 5.41) is 8.71. The smallest absolute Gasteiger partial charge is 0.317 e. The molecule has 0 aliphatic heterocycles. The first-order valence-corrected chi connectivity index (χ1v) is 6.16. The molecule has 0 amide bonds. The number of carbonyl (C=O) groups is 1. The first-order chi connectivity index (χ1) is 8.15. The molecular formula is C14H19NO2. The van der Waals surface area contributed by atoms with Crippen molar-refractivity contribution in [2.45, 2.75) is 32.2 Å². The molecule has 3 nitrogen and oxygen atoms in total. The second-order valence-corrected chi connectivity index (χ2v) is 4.88. The zero-order valence-electron chi connectivity index (χ0n) is 10.3. The highest BCUT2D eigenvalue weighted by molar-refractivity contribution is 5.69. The largest absolute Gasteiger partial charge is 0.480 e. The molecule has 0 bridgehead atoms. The van der Waals surface area contributed by atoms with Gasteiger partial charge in [0, 0.05) is 6.54 Å². The van der Waals surface area contributed by atoms with Crippen molar-refractivity contribution in [3.05, 3.63) is 34.9 Å². The summed E-state index contributed by atoms with van der Waals surface area (Å²) in [5.41, 5.74) is 4.15. The van der Waals surface area contributed by atoms with Crippen LogP contribution in [0.1, 0.15) is 29.5 Å². The molecule has 1 aromatic carbocycles. The van der Waals surface area contributed by atoms with Crippen LogP contribution in [0.5, 0.6) is 0 Å². The van der Waals surface area contributed by atoms with Crippen molar-refractivity contribution >= 4 is 5.97 Å². The summed E-state index contributed by atoms with van der Waals surface area (Å²) < 4.78 is 0. The second kappa shape index (κ2) is 5.32. The summed E-state index contributed by atoms with van der Waals surface area (Å²) in [6.45, 7) is 0.802. The van der Waals surface area contributed by atoms with Crippen LogP contribution in [0.25, 0.3) is 0 Å². The Hall–Kier alpha value is -1.35. The number of aryl methyl sites for hydroxylation is 2. The average molecular weight is 233 g/mol. The van der Waals surface area contributed by atoms with Gasteiger partial charge in [-0.25, -0.2) is 0 Å². The number of carboxylic acids is 1. The van der Waals surface area contributed by atoms with Crippen molar-refractivity contribution < 1.29 is 9.90 Å². The minimum absolute atomic E-state index is 0.0943. The van der Waals surface area contributed by atoms with E-state index in [4.69, 9.17) is 5.11 Å². The Labute approximate surface area is 102 Å². The lowest BCUT2D eigenvalue weighted by atomic mass is 9.90. The molecule has 0 atom stereocenters. The maximum atomic E-state index is 10.6. The lowest BCUT2D eigenvalue weighted by molar-refractivity contribution is -0.138. The Bertz CT molecular complexity index is 415. The molecule has 0 radical (unpaired) electrons. The Balaban J connectivity index is 2.04. The lowest BCUT2D eigenvalue weighted by Crippen LogP contribution is -2.25. The number of carboxylic acid groups (broad SMARTS) is 1. The Morgan fingerprint density at radius 1 is 1.29 bits per heavy atom. The number of rotatable bonds is 4. The van der Waals surface area contributed by atoms with Crippen molar-refractivity contribution in [1.82, 2.24) is 4.90 Å². The quantitative estimate of drug-likeness (QED) is 0.865. The standard InChI is InChI=1S/C14H19NO2/c1-15(10-14(16)17)9-11-6-7-12-4-2-3-5-13(12)8-11/h6-8H,2-5,9-10H2,1H3,(H,16,17). The van der Waals surface area contributed by atoms with E-state index in [1.54, 1.807) is 0 Å². The van der Waals surface area contributed by atoms with Gasteiger partial charge in [0.2, 0.25) is 0 Å². The minimum Gasteiger partial charge on any atom is -0.480 e. The molecule has 1 aromatic rings. The van der Waals surface area contributed by atoms with Gasteiger partial charge in [-0.1, -0.05) is 18.2 Å². The third-order valence-electron chi connectivity index (χ3n) is 3.27. The SMILES string of the molecule is CN(CC(=O)O)Cc1ccc2c(c1)CCCC2. The summed E-state index contributed by atoms with van der Waals surface area (Å²) >= 11 is 0. The molecule has 2 rings (SSSR count). The van der Waals surface area contributed by atoms with Crippen LogP contribution in [0.3, 0.4) is 0 Å². The third-order valence-corrected chi connectivity index (χ3v) is 3.27. The van der Waals surface area contributed by atoms with Gasteiger partial charge in [0.05, 0.1) is 6.54 Å². The van der Waals surface area contributed by atoms with Crippen molar-refractivity contribution in [3.8, 4) is 0 Å². The normalized spacial score (nSPS) is 14.7. The topological polar surface area (TPSA) is 40.5 Å². The van der Waals surface area contributed by atoms with Gasteiger partial charge < -0.3 is 5.11 Å². The highest BCUT2D eigenvalue weighted by Crippen LogP contribution is 2.22. The molecule has 92 valence electrons. The highest BCUT2D eigenvalue weighted by Gasteiger charge is 2.11. The van der Waals surface area contributed by atoms with Crippen LogP contribution >= 0.6 is 0 Å². The minimum atomic E-state index is -0.773. The number of hydrogen-bond donors (Lipinski definition) is 1. The molecule has 3 heteroatoms. The van der Waals surface area contributed by atoms with E-state index >= 15 is 0 Å². The molecule has 17 heavy (non-hydrogen) atoms. The van der Waals surface area contributed by atoms with Crippen LogP contribution in [0.4, 0.5) is 0 Å². The van der Waals surface area contributed by atoms with Crippen LogP contribution in [-0.4, -0.2) is 29.6 Å². The lowest BCUT2D eigenvalue weighted by Gasteiger charge is -2.19. The van der Waals surface area contributed by atoms with E-state index in [0.29, 0.717) is 6.54 Å². The predicted molar refractivity (Wildman–Crippen MR) is 67.1 cm³/mol. The first kappa shape index (κ1) is 12.1. The summed E-state index contributed by atoms with van der Waals surface area (Å²) in [6.07, 6.45) is 4.94. The van der Waals surface area contributed by atoms with Crippen LogP contribution in [0.2, 0.25) is 0 Å². The number of benzene rings is 1. The average Bonchev–Trinajstić information content (AvgIpc) is 2.27. The Kier molecular flexibility index (Phi) is 3.79. The van der Waals surface area contributed by atoms with E-state index in [0.717, 1.165) is 0 Å². The Morgan fingerprint density at radius 3 is 2.71 bits per heavy atom. The van der Waals surface area contributed by atoms with Crippen molar-refractivity contribution in [2.24, 2.45) is 0 Å². The fourth-order valence-electron chi connectivity index (χ4n) is 2.48. The molecule has 0 heterocycles. The monoisotopic (exact) mass is 233 g/mol. The van der Waals surface area contributed by atoms with Crippen LogP contribution < -0.4 is 0 Å². The number of fused-ring (bicyclic) bond motifs is 1. The van der Waals surface area contributed by atoms with Crippen molar-refractivity contribution in [1.29, 1.82) is 0 Å². The fourth-order valence-corrected chi connectivity index (χ4v) is 2.48. The Morgan fingerprint density at radius 2 is 2.00 bits per heavy atom. The van der Waals surface area contributed by atoms with E-state index in [2.05, 4.69) is 18.2 Å². The number of likely N-dealkylation sites (N-methyl/N-ethyl adjacent to an activating group) is 1. The predicted octanol–water partition coefficient (Wildman–Crippen LogP) is 2.08. The van der Waals surface area contributed by atoms with Gasteiger partial charge >= 0.3 is 5.97 Å². The van der Waals surface area contributed by atoms with Gasteiger partial charge in [0.25, 0.3) is 0 Å². The third kappa shape index (κ3) is 3.30. The highest BCUT2D eigenvalue weighted by atomic mass is 16.4. The zero-order valence-corrected chi connectivity index (χ0v) is 10.3. The number of aliphatic carboxylic acids is 1. The van der Waals surface area contributed by atoms with Crippen molar-refractivity contribution in [3.63, 3.8) is 0 Å². The summed E-state index contributed by atoms with van der Waals surface area (Å²) in [6, 6.07) is 6.58. The fraction of sp³-hybridized carbons (Fsp3) is 0.500. The maximum Gasteiger partial charge on any atom is 0.317 e. The summed E-state index contributed by atoms with van der Waals surface area (Å²) in [7, 11) is 1.84. The second-order valence-electron chi connectivity index (χ2n) is 4.88. The van der Waals surface area contributed by atoms with E-state index in [1.807, 2.05) is 11.9 Å². The van der Waals surface area contributed by atoms with E-state index in [1.165, 1.54) is 42.4 Å².